The van der Waals surface area contributed by atoms with Crippen LogP contribution in [0.2, 0.25) is 0 Å². The van der Waals surface area contributed by atoms with Gasteiger partial charge in [0.05, 0.1) is 18.2 Å². The summed E-state index contributed by atoms with van der Waals surface area (Å²) in [5, 5.41) is 3.87. The molecule has 2 saturated heterocycles. The molecule has 0 radical (unpaired) electrons. The number of benzene rings is 1. The van der Waals surface area contributed by atoms with Crippen molar-refractivity contribution < 1.29 is 22.4 Å². The lowest BCUT2D eigenvalue weighted by atomic mass is 10.1. The normalized spacial score (nSPS) is 22.1. The lowest BCUT2D eigenvalue weighted by Gasteiger charge is -2.23. The zero-order valence-electron chi connectivity index (χ0n) is 16.2. The molecule has 4 rings (SSSR count). The number of hydrogen-bond acceptors (Lipinski definition) is 6. The molecule has 158 valence electrons. The molecule has 0 N–H and O–H groups in total. The van der Waals surface area contributed by atoms with Crippen molar-refractivity contribution in [3.05, 3.63) is 35.7 Å². The van der Waals surface area contributed by atoms with Gasteiger partial charge in [0.25, 0.3) is 0 Å². The van der Waals surface area contributed by atoms with Crippen molar-refractivity contribution in [1.82, 2.24) is 19.9 Å². The quantitative estimate of drug-likeness (QED) is 0.753. The molecule has 1 aromatic carbocycles. The Morgan fingerprint density at radius 1 is 1.07 bits per heavy atom. The summed E-state index contributed by atoms with van der Waals surface area (Å²) in [5.41, 5.74) is -0.423. The molecule has 1 atom stereocenters. The Kier molecular flexibility index (Phi) is 6.17. The number of alkyl halides is 3. The van der Waals surface area contributed by atoms with Crippen LogP contribution in [-0.2, 0) is 17.5 Å². The fourth-order valence-electron chi connectivity index (χ4n) is 3.90. The third-order valence-electron chi connectivity index (χ3n) is 5.44. The summed E-state index contributed by atoms with van der Waals surface area (Å²) >= 11 is 0. The van der Waals surface area contributed by atoms with E-state index in [1.165, 1.54) is 6.07 Å². The van der Waals surface area contributed by atoms with Crippen LogP contribution in [0.4, 0.5) is 13.2 Å². The second-order valence-electron chi connectivity index (χ2n) is 7.66. The molecule has 0 bridgehead atoms. The van der Waals surface area contributed by atoms with Crippen LogP contribution in [-0.4, -0.2) is 65.4 Å². The van der Waals surface area contributed by atoms with Gasteiger partial charge in [-0.25, -0.2) is 0 Å². The predicted molar refractivity (Wildman–Crippen MR) is 100 cm³/mol. The molecule has 29 heavy (non-hydrogen) atoms. The minimum Gasteiger partial charge on any atom is -0.377 e. The van der Waals surface area contributed by atoms with Crippen molar-refractivity contribution in [2.24, 2.45) is 0 Å². The van der Waals surface area contributed by atoms with Gasteiger partial charge in [0, 0.05) is 31.8 Å². The van der Waals surface area contributed by atoms with E-state index >= 15 is 0 Å². The third-order valence-corrected chi connectivity index (χ3v) is 5.44. The molecule has 2 fully saturated rings. The first-order valence-corrected chi connectivity index (χ1v) is 10.0. The van der Waals surface area contributed by atoms with E-state index in [0.717, 1.165) is 70.7 Å². The molecule has 6 nitrogen and oxygen atoms in total. The van der Waals surface area contributed by atoms with Gasteiger partial charge >= 0.3 is 6.18 Å². The van der Waals surface area contributed by atoms with Crippen LogP contribution in [0.15, 0.2) is 28.8 Å². The molecule has 0 unspecified atom stereocenters. The average Bonchev–Trinajstić information content (AvgIpc) is 3.32. The molecule has 0 aliphatic carbocycles. The summed E-state index contributed by atoms with van der Waals surface area (Å²) in [4.78, 5) is 9.00. The maximum absolute atomic E-state index is 12.9. The molecule has 1 aromatic heterocycles. The lowest BCUT2D eigenvalue weighted by molar-refractivity contribution is -0.137. The molecule has 0 saturated carbocycles. The van der Waals surface area contributed by atoms with Gasteiger partial charge in [-0.05, 0) is 44.5 Å². The van der Waals surface area contributed by atoms with Crippen molar-refractivity contribution in [2.45, 2.75) is 38.1 Å². The molecular formula is C20H25F3N4O2. The van der Waals surface area contributed by atoms with Crippen molar-refractivity contribution in [1.29, 1.82) is 0 Å². The Bertz CT molecular complexity index is 805. The number of nitrogens with zero attached hydrogens (tertiary/aromatic N) is 4. The number of halogens is 3. The van der Waals surface area contributed by atoms with Gasteiger partial charge in [-0.3, -0.25) is 9.80 Å². The summed E-state index contributed by atoms with van der Waals surface area (Å²) in [6, 6.07) is 4.98. The Hall–Kier alpha value is -1.97. The largest absolute Gasteiger partial charge is 0.416 e. The zero-order valence-corrected chi connectivity index (χ0v) is 16.2. The summed E-state index contributed by atoms with van der Waals surface area (Å²) in [5.74, 6) is 0.603. The summed E-state index contributed by atoms with van der Waals surface area (Å²) in [6.07, 6.45) is -0.713. The second-order valence-corrected chi connectivity index (χ2v) is 7.66. The maximum atomic E-state index is 12.9. The van der Waals surface area contributed by atoms with Gasteiger partial charge in [0.2, 0.25) is 11.7 Å². The minimum absolute atomic E-state index is 0.181. The fraction of sp³-hybridized carbons (Fsp3) is 0.600. The van der Waals surface area contributed by atoms with Crippen LogP contribution < -0.4 is 0 Å². The molecule has 2 aliphatic heterocycles. The average molecular weight is 410 g/mol. The zero-order chi connectivity index (χ0) is 20.3. The molecular weight excluding hydrogens is 385 g/mol. The van der Waals surface area contributed by atoms with Crippen LogP contribution in [0.5, 0.6) is 0 Å². The number of aromatic nitrogens is 2. The Labute approximate surface area is 167 Å². The van der Waals surface area contributed by atoms with E-state index in [9.17, 15) is 13.2 Å². The van der Waals surface area contributed by atoms with E-state index in [0.29, 0.717) is 24.1 Å². The summed E-state index contributed by atoms with van der Waals surface area (Å²) in [7, 11) is 0. The van der Waals surface area contributed by atoms with E-state index in [4.69, 9.17) is 9.26 Å². The molecule has 0 spiro atoms. The molecule has 9 heteroatoms. The highest BCUT2D eigenvalue weighted by atomic mass is 19.4. The first-order chi connectivity index (χ1) is 14.0. The fourth-order valence-corrected chi connectivity index (χ4v) is 3.90. The van der Waals surface area contributed by atoms with E-state index in [2.05, 4.69) is 19.9 Å². The van der Waals surface area contributed by atoms with Crippen molar-refractivity contribution in [2.75, 3.05) is 39.3 Å². The SMILES string of the molecule is FC(F)(F)c1cccc(-c2noc(CN3CCCN(C[C@@H]4CCCO4)CC3)n2)c1. The number of hydrogen-bond donors (Lipinski definition) is 0. The number of rotatable bonds is 5. The van der Waals surface area contributed by atoms with Crippen LogP contribution >= 0.6 is 0 Å². The van der Waals surface area contributed by atoms with Crippen LogP contribution in [0.1, 0.15) is 30.7 Å². The minimum atomic E-state index is -4.40. The first kappa shape index (κ1) is 20.3. The standard InChI is InChI=1S/C20H25F3N4O2/c21-20(22,23)16-5-1-4-15(12-16)19-24-18(29-25-19)14-27-8-3-7-26(9-10-27)13-17-6-2-11-28-17/h1,4-5,12,17H,2-3,6-11,13-14H2/t17-/m0/s1. The first-order valence-electron chi connectivity index (χ1n) is 10.0. The van der Waals surface area contributed by atoms with Gasteiger partial charge in [0.1, 0.15) is 0 Å². The van der Waals surface area contributed by atoms with E-state index in [-0.39, 0.29) is 5.82 Å². The van der Waals surface area contributed by atoms with Gasteiger partial charge < -0.3 is 9.26 Å². The highest BCUT2D eigenvalue weighted by Crippen LogP contribution is 2.31. The Balaban J connectivity index is 1.34. The molecule has 0 amide bonds. The van der Waals surface area contributed by atoms with E-state index in [1.54, 1.807) is 6.07 Å². The lowest BCUT2D eigenvalue weighted by Crippen LogP contribution is -2.35. The van der Waals surface area contributed by atoms with Gasteiger partial charge in [0.15, 0.2) is 0 Å². The predicted octanol–water partition coefficient (Wildman–Crippen LogP) is 3.44. The van der Waals surface area contributed by atoms with Gasteiger partial charge in [-0.1, -0.05) is 17.3 Å². The second kappa shape index (κ2) is 8.81. The smallest absolute Gasteiger partial charge is 0.377 e. The monoisotopic (exact) mass is 410 g/mol. The van der Waals surface area contributed by atoms with Crippen LogP contribution in [0, 0.1) is 0 Å². The van der Waals surface area contributed by atoms with Crippen molar-refractivity contribution >= 4 is 0 Å². The summed E-state index contributed by atoms with van der Waals surface area (Å²) in [6.45, 7) is 6.14. The van der Waals surface area contributed by atoms with Crippen LogP contribution in [0.25, 0.3) is 11.4 Å². The van der Waals surface area contributed by atoms with Crippen LogP contribution in [0.3, 0.4) is 0 Å². The van der Waals surface area contributed by atoms with Gasteiger partial charge in [-0.2, -0.15) is 18.2 Å². The Morgan fingerprint density at radius 2 is 1.90 bits per heavy atom. The molecule has 2 aromatic rings. The van der Waals surface area contributed by atoms with Gasteiger partial charge in [-0.15, -0.1) is 0 Å². The van der Waals surface area contributed by atoms with Crippen molar-refractivity contribution in [3.63, 3.8) is 0 Å². The highest BCUT2D eigenvalue weighted by Gasteiger charge is 2.31. The highest BCUT2D eigenvalue weighted by molar-refractivity contribution is 5.55. The van der Waals surface area contributed by atoms with E-state index < -0.39 is 11.7 Å². The maximum Gasteiger partial charge on any atom is 0.416 e. The third kappa shape index (κ3) is 5.34. The molecule has 2 aliphatic rings. The summed E-state index contributed by atoms with van der Waals surface area (Å²) < 4.78 is 49.8. The topological polar surface area (TPSA) is 54.6 Å². The Morgan fingerprint density at radius 3 is 2.69 bits per heavy atom. The van der Waals surface area contributed by atoms with Crippen molar-refractivity contribution in [3.8, 4) is 11.4 Å². The molecule has 3 heterocycles. The van der Waals surface area contributed by atoms with E-state index in [1.807, 2.05) is 0 Å². The number of ether oxygens (including phenoxy) is 1.